The van der Waals surface area contributed by atoms with Crippen LogP contribution in [0.25, 0.3) is 0 Å². The van der Waals surface area contributed by atoms with E-state index in [2.05, 4.69) is 26.7 Å². The Balaban J connectivity index is 1.54. The van der Waals surface area contributed by atoms with E-state index in [-0.39, 0.29) is 18.5 Å². The molecule has 1 saturated heterocycles. The zero-order chi connectivity index (χ0) is 25.0. The number of hydrogen-bond donors (Lipinski definition) is 2. The van der Waals surface area contributed by atoms with Crippen molar-refractivity contribution in [3.05, 3.63) is 67.1 Å². The van der Waals surface area contributed by atoms with E-state index in [1.54, 1.807) is 19.1 Å². The fraction of sp³-hybridized carbons (Fsp3) is 0.238. The van der Waals surface area contributed by atoms with Gasteiger partial charge in [-0.3, -0.25) is 39.7 Å². The van der Waals surface area contributed by atoms with E-state index in [0.717, 1.165) is 16.6 Å². The highest BCUT2D eigenvalue weighted by atomic mass is 79.9. The highest BCUT2D eigenvalue weighted by Gasteiger charge is 2.37. The maximum atomic E-state index is 12.4. The molecule has 1 aliphatic rings. The lowest BCUT2D eigenvalue weighted by Gasteiger charge is -2.17. The number of nitrogens with one attached hydrogen (secondary N) is 2. The number of carbonyl (C=O) groups is 4. The molecule has 0 radical (unpaired) electrons. The van der Waals surface area contributed by atoms with E-state index in [1.807, 2.05) is 0 Å². The first-order valence-electron chi connectivity index (χ1n) is 9.83. The van der Waals surface area contributed by atoms with Gasteiger partial charge in [-0.15, -0.1) is 0 Å². The van der Waals surface area contributed by atoms with Crippen molar-refractivity contribution < 1.29 is 28.8 Å². The Hall–Kier alpha value is -3.51. The number of para-hydroxylation sites is 1. The molecule has 34 heavy (non-hydrogen) atoms. The molecule has 3 amide bonds. The number of hydrogen-bond acceptors (Lipinski definition) is 7. The fourth-order valence-electron chi connectivity index (χ4n) is 3.20. The summed E-state index contributed by atoms with van der Waals surface area (Å²) < 4.78 is 5.68. The number of ether oxygens (including phenoxy) is 1. The van der Waals surface area contributed by atoms with Crippen molar-refractivity contribution in [3.63, 3.8) is 0 Å². The second-order valence-corrected chi connectivity index (χ2v) is 8.62. The quantitative estimate of drug-likeness (QED) is 0.304. The SMILES string of the molecule is Cc1cc(Br)c(Cl)cc1NC(=O)COC(=O)[C@@H]1CC(=O)N(NC(=O)c2ccccc2[N+](=O)[O-])C1. The number of amides is 3. The number of carbonyl (C=O) groups excluding carboxylic acids is 4. The van der Waals surface area contributed by atoms with Crippen molar-refractivity contribution in [2.24, 2.45) is 5.92 Å². The van der Waals surface area contributed by atoms with Crippen LogP contribution in [0.2, 0.25) is 5.02 Å². The van der Waals surface area contributed by atoms with Crippen LogP contribution < -0.4 is 10.7 Å². The summed E-state index contributed by atoms with van der Waals surface area (Å²) >= 11 is 9.31. The summed E-state index contributed by atoms with van der Waals surface area (Å²) in [7, 11) is 0. The molecule has 0 spiro atoms. The predicted molar refractivity (Wildman–Crippen MR) is 124 cm³/mol. The first kappa shape index (κ1) is 25.1. The lowest BCUT2D eigenvalue weighted by atomic mass is 10.1. The Morgan fingerprint density at radius 2 is 2.00 bits per heavy atom. The molecule has 0 aliphatic carbocycles. The van der Waals surface area contributed by atoms with Gasteiger partial charge < -0.3 is 10.1 Å². The number of rotatable bonds is 7. The van der Waals surface area contributed by atoms with E-state index in [4.69, 9.17) is 16.3 Å². The summed E-state index contributed by atoms with van der Waals surface area (Å²) in [5.74, 6) is -3.75. The Kier molecular flexibility index (Phi) is 7.84. The summed E-state index contributed by atoms with van der Waals surface area (Å²) in [6.45, 7) is 0.978. The highest BCUT2D eigenvalue weighted by molar-refractivity contribution is 9.10. The van der Waals surface area contributed by atoms with Crippen molar-refractivity contribution in [3.8, 4) is 0 Å². The minimum Gasteiger partial charge on any atom is -0.455 e. The van der Waals surface area contributed by atoms with Crippen LogP contribution in [0, 0.1) is 23.0 Å². The Labute approximate surface area is 206 Å². The molecule has 0 saturated carbocycles. The molecule has 3 rings (SSSR count). The molecule has 2 aromatic carbocycles. The largest absolute Gasteiger partial charge is 0.455 e. The lowest BCUT2D eigenvalue weighted by molar-refractivity contribution is -0.385. The van der Waals surface area contributed by atoms with E-state index in [0.29, 0.717) is 15.2 Å². The van der Waals surface area contributed by atoms with Crippen molar-refractivity contribution >= 4 is 62.6 Å². The molecule has 178 valence electrons. The van der Waals surface area contributed by atoms with Crippen LogP contribution >= 0.6 is 27.5 Å². The number of nitro benzene ring substituents is 1. The normalized spacial score (nSPS) is 15.1. The van der Waals surface area contributed by atoms with Gasteiger partial charge in [-0.2, -0.15) is 0 Å². The molecule has 2 N–H and O–H groups in total. The molecule has 0 unspecified atom stereocenters. The van der Waals surface area contributed by atoms with Crippen LogP contribution in [-0.4, -0.2) is 46.8 Å². The molecule has 1 atom stereocenters. The maximum Gasteiger partial charge on any atom is 0.311 e. The summed E-state index contributed by atoms with van der Waals surface area (Å²) in [6, 6.07) is 8.54. The third kappa shape index (κ3) is 5.88. The standard InChI is InChI=1S/C21H18BrClN4O7/c1-11-6-14(22)15(23)8-16(11)24-18(28)10-34-21(31)12-7-19(29)26(9-12)25-20(30)13-4-2-3-5-17(13)27(32)33/h2-6,8,12H,7,9-10H2,1H3,(H,24,28)(H,25,30)/t12-/m1/s1. The number of halogens is 2. The van der Waals surface area contributed by atoms with Crippen molar-refractivity contribution in [2.45, 2.75) is 13.3 Å². The van der Waals surface area contributed by atoms with E-state index in [1.165, 1.54) is 18.2 Å². The van der Waals surface area contributed by atoms with Gasteiger partial charge in [-0.05, 0) is 46.6 Å². The number of aryl methyl sites for hydroxylation is 1. The van der Waals surface area contributed by atoms with Crippen LogP contribution in [0.15, 0.2) is 40.9 Å². The van der Waals surface area contributed by atoms with Crippen LogP contribution in [0.5, 0.6) is 0 Å². The van der Waals surface area contributed by atoms with Crippen molar-refractivity contribution in [1.82, 2.24) is 10.4 Å². The molecule has 0 bridgehead atoms. The first-order chi connectivity index (χ1) is 16.1. The lowest BCUT2D eigenvalue weighted by Crippen LogP contribution is -2.43. The van der Waals surface area contributed by atoms with Crippen LogP contribution in [0.1, 0.15) is 22.3 Å². The van der Waals surface area contributed by atoms with Gasteiger partial charge in [0.25, 0.3) is 17.5 Å². The smallest absolute Gasteiger partial charge is 0.311 e. The van der Waals surface area contributed by atoms with Gasteiger partial charge in [-0.25, -0.2) is 0 Å². The van der Waals surface area contributed by atoms with Gasteiger partial charge in [-0.1, -0.05) is 23.7 Å². The zero-order valence-electron chi connectivity index (χ0n) is 17.7. The molecular formula is C21H18BrClN4O7. The van der Waals surface area contributed by atoms with Gasteiger partial charge in [0, 0.05) is 22.6 Å². The fourth-order valence-corrected chi connectivity index (χ4v) is 3.82. The Bertz CT molecular complexity index is 1190. The second kappa shape index (κ2) is 10.6. The summed E-state index contributed by atoms with van der Waals surface area (Å²) in [4.78, 5) is 59.5. The van der Waals surface area contributed by atoms with Gasteiger partial charge in [0.15, 0.2) is 6.61 Å². The predicted octanol–water partition coefficient (Wildman–Crippen LogP) is 2.99. The third-order valence-corrected chi connectivity index (χ3v) is 6.12. The summed E-state index contributed by atoms with van der Waals surface area (Å²) in [5, 5.41) is 15.0. The number of nitro groups is 1. The van der Waals surface area contributed by atoms with E-state index >= 15 is 0 Å². The molecule has 1 aliphatic heterocycles. The van der Waals surface area contributed by atoms with Gasteiger partial charge in [0.1, 0.15) is 5.56 Å². The number of esters is 1. The highest BCUT2D eigenvalue weighted by Crippen LogP contribution is 2.29. The summed E-state index contributed by atoms with van der Waals surface area (Å²) in [6.07, 6.45) is -0.251. The van der Waals surface area contributed by atoms with E-state index < -0.39 is 46.8 Å². The van der Waals surface area contributed by atoms with Crippen LogP contribution in [-0.2, 0) is 19.1 Å². The molecule has 0 aromatic heterocycles. The minimum absolute atomic E-state index is 0.201. The average molecular weight is 554 g/mol. The van der Waals surface area contributed by atoms with Crippen molar-refractivity contribution in [1.29, 1.82) is 0 Å². The van der Waals surface area contributed by atoms with Crippen LogP contribution in [0.3, 0.4) is 0 Å². The Morgan fingerprint density at radius 1 is 1.29 bits per heavy atom. The zero-order valence-corrected chi connectivity index (χ0v) is 20.0. The average Bonchev–Trinajstić information content (AvgIpc) is 3.15. The Morgan fingerprint density at radius 3 is 2.71 bits per heavy atom. The first-order valence-corrected chi connectivity index (χ1v) is 11.0. The monoisotopic (exact) mass is 552 g/mol. The second-order valence-electron chi connectivity index (χ2n) is 7.36. The minimum atomic E-state index is -0.921. The molecule has 11 nitrogen and oxygen atoms in total. The number of benzene rings is 2. The molecule has 1 heterocycles. The topological polar surface area (TPSA) is 148 Å². The number of nitrogens with zero attached hydrogens (tertiary/aromatic N) is 2. The molecule has 13 heteroatoms. The molecular weight excluding hydrogens is 536 g/mol. The van der Waals surface area contributed by atoms with Crippen LogP contribution in [0.4, 0.5) is 11.4 Å². The van der Waals surface area contributed by atoms with Gasteiger partial charge >= 0.3 is 5.97 Å². The number of anilines is 1. The molecule has 2 aromatic rings. The third-order valence-electron chi connectivity index (χ3n) is 4.93. The maximum absolute atomic E-state index is 12.4. The summed E-state index contributed by atoms with van der Waals surface area (Å²) in [5.41, 5.74) is 2.82. The molecule has 1 fully saturated rings. The van der Waals surface area contributed by atoms with Gasteiger partial charge in [0.05, 0.1) is 22.4 Å². The number of hydrazine groups is 1. The van der Waals surface area contributed by atoms with Crippen molar-refractivity contribution in [2.75, 3.05) is 18.5 Å². The van der Waals surface area contributed by atoms with E-state index in [9.17, 15) is 29.3 Å². The van der Waals surface area contributed by atoms with Gasteiger partial charge in [0.2, 0.25) is 5.91 Å².